The van der Waals surface area contributed by atoms with Gasteiger partial charge in [-0.2, -0.15) is 13.2 Å². The normalized spacial score (nSPS) is 9.58. The number of hydrogen-bond acceptors (Lipinski definition) is 1. The first kappa shape index (κ1) is 14.7. The Morgan fingerprint density at radius 1 is 1.33 bits per heavy atom. The molecule has 0 amide bonds. The van der Waals surface area contributed by atoms with E-state index in [2.05, 4.69) is 11.2 Å². The van der Waals surface area contributed by atoms with E-state index in [4.69, 9.17) is 0 Å². The molecule has 0 bridgehead atoms. The molecule has 0 atom stereocenters. The van der Waals surface area contributed by atoms with Crippen molar-refractivity contribution in [3.8, 4) is 0 Å². The first-order chi connectivity index (χ1) is 4.61. The van der Waals surface area contributed by atoms with Gasteiger partial charge in [0.15, 0.2) is 0 Å². The van der Waals surface area contributed by atoms with Gasteiger partial charge in [0.2, 0.25) is 0 Å². The molecule has 0 fully saturated rings. The van der Waals surface area contributed by atoms with Crippen LogP contribution >= 0.6 is 0 Å². The molecule has 0 N–H and O–H groups in total. The number of halogens is 4. The van der Waals surface area contributed by atoms with Crippen LogP contribution < -0.4 is 17.0 Å². The molecular weight excluding hydrogens is 247 g/mol. The maximum absolute atomic E-state index is 11.7. The van der Waals surface area contributed by atoms with Crippen LogP contribution in [0, 0.1) is 6.20 Å². The van der Waals surface area contributed by atoms with Crippen molar-refractivity contribution in [2.75, 3.05) is 0 Å². The number of nitrogens with zero attached hydrogens (tertiary/aromatic N) is 1. The molecule has 1 nitrogen and oxygen atoms in total. The maximum Gasteiger partial charge on any atom is 2.00 e. The summed E-state index contributed by atoms with van der Waals surface area (Å²) in [5, 5.41) is 0. The standard InChI is InChI=1S/C6H3F3N.BrH.Mg/c7-6(8,9)5-1-3-10-4-2-5;;/h1-3H;1H;/q-1;;+2/p-1. The zero-order valence-electron chi connectivity index (χ0n) is 5.90. The Morgan fingerprint density at radius 3 is 2.17 bits per heavy atom. The fourth-order valence-corrected chi connectivity index (χ4v) is 0.492. The molecule has 1 heterocycles. The van der Waals surface area contributed by atoms with E-state index in [-0.39, 0.29) is 40.0 Å². The van der Waals surface area contributed by atoms with Gasteiger partial charge in [-0.15, -0.1) is 12.1 Å². The molecule has 0 saturated heterocycles. The Hall–Kier alpha value is 0.186. The van der Waals surface area contributed by atoms with Crippen molar-refractivity contribution < 1.29 is 30.2 Å². The van der Waals surface area contributed by atoms with E-state index in [0.29, 0.717) is 0 Å². The van der Waals surface area contributed by atoms with Crippen molar-refractivity contribution >= 4 is 23.1 Å². The van der Waals surface area contributed by atoms with Crippen LogP contribution in [0.5, 0.6) is 0 Å². The Kier molecular flexibility index (Phi) is 7.06. The second-order valence-corrected chi connectivity index (χ2v) is 1.67. The van der Waals surface area contributed by atoms with Crippen LogP contribution in [0.25, 0.3) is 0 Å². The summed E-state index contributed by atoms with van der Waals surface area (Å²) in [5.41, 5.74) is -0.720. The zero-order valence-corrected chi connectivity index (χ0v) is 8.90. The summed E-state index contributed by atoms with van der Waals surface area (Å²) in [4.78, 5) is 3.33. The molecule has 0 saturated carbocycles. The van der Waals surface area contributed by atoms with Crippen LogP contribution in [0.15, 0.2) is 18.3 Å². The summed E-state index contributed by atoms with van der Waals surface area (Å²) in [6.07, 6.45) is -1.12. The summed E-state index contributed by atoms with van der Waals surface area (Å²) in [7, 11) is 0. The Labute approximate surface area is 94.3 Å². The van der Waals surface area contributed by atoms with Gasteiger partial charge < -0.3 is 22.0 Å². The molecule has 0 spiro atoms. The minimum absolute atomic E-state index is 0. The SMILES string of the molecule is FC(F)(F)c1c[c-]ncc1.[Br-].[Mg+2]. The second kappa shape index (κ2) is 5.77. The van der Waals surface area contributed by atoms with Gasteiger partial charge in [0, 0.05) is 0 Å². The summed E-state index contributed by atoms with van der Waals surface area (Å²) in [6.45, 7) is 0. The average Bonchev–Trinajstić information content (AvgIpc) is 1.88. The van der Waals surface area contributed by atoms with Gasteiger partial charge in [0.1, 0.15) is 0 Å². The van der Waals surface area contributed by atoms with Crippen LogP contribution in [-0.4, -0.2) is 28.0 Å². The molecule has 62 valence electrons. The molecule has 1 aromatic heterocycles. The minimum atomic E-state index is -4.28. The monoisotopic (exact) mass is 249 g/mol. The third kappa shape index (κ3) is 4.27. The molecule has 1 rings (SSSR count). The van der Waals surface area contributed by atoms with Crippen molar-refractivity contribution in [1.29, 1.82) is 0 Å². The van der Waals surface area contributed by atoms with Crippen LogP contribution in [-0.2, 0) is 6.18 Å². The Balaban J connectivity index is 0. The smallest absolute Gasteiger partial charge is 1.00 e. The van der Waals surface area contributed by atoms with E-state index < -0.39 is 11.7 Å². The first-order valence-electron chi connectivity index (χ1n) is 2.50. The predicted molar refractivity (Wildman–Crippen MR) is 33.8 cm³/mol. The number of rotatable bonds is 0. The maximum atomic E-state index is 11.7. The predicted octanol–water partition coefficient (Wildman–Crippen LogP) is -1.48. The van der Waals surface area contributed by atoms with Gasteiger partial charge in [0.05, 0.1) is 0 Å². The first-order valence-corrected chi connectivity index (χ1v) is 2.50. The van der Waals surface area contributed by atoms with Gasteiger partial charge in [-0.3, -0.25) is 0 Å². The molecule has 12 heavy (non-hydrogen) atoms. The van der Waals surface area contributed by atoms with E-state index in [1.54, 1.807) is 0 Å². The molecule has 0 aliphatic rings. The van der Waals surface area contributed by atoms with Crippen molar-refractivity contribution in [2.24, 2.45) is 0 Å². The number of pyridine rings is 1. The van der Waals surface area contributed by atoms with Crippen molar-refractivity contribution in [3.05, 3.63) is 30.1 Å². The van der Waals surface area contributed by atoms with Gasteiger partial charge in [-0.25, -0.2) is 0 Å². The van der Waals surface area contributed by atoms with Crippen molar-refractivity contribution in [2.45, 2.75) is 6.18 Å². The van der Waals surface area contributed by atoms with E-state index >= 15 is 0 Å². The molecule has 6 heteroatoms. The van der Waals surface area contributed by atoms with E-state index in [1.165, 1.54) is 0 Å². The third-order valence-corrected chi connectivity index (χ3v) is 0.951. The fraction of sp³-hybridized carbons (Fsp3) is 0.167. The number of alkyl halides is 3. The van der Waals surface area contributed by atoms with Crippen molar-refractivity contribution in [1.82, 2.24) is 4.98 Å². The average molecular weight is 250 g/mol. The van der Waals surface area contributed by atoms with E-state index in [9.17, 15) is 13.2 Å². The van der Waals surface area contributed by atoms with Crippen LogP contribution in [0.1, 0.15) is 5.56 Å². The van der Waals surface area contributed by atoms with Gasteiger partial charge in [-0.05, 0) is 0 Å². The molecule has 0 unspecified atom stereocenters. The summed E-state index contributed by atoms with van der Waals surface area (Å²) in [6, 6.07) is 1.70. The van der Waals surface area contributed by atoms with Crippen LogP contribution in [0.3, 0.4) is 0 Å². The molecule has 0 aliphatic carbocycles. The molecule has 1 aromatic rings. The summed E-state index contributed by atoms with van der Waals surface area (Å²) in [5.74, 6) is 0. The number of aromatic nitrogens is 1. The van der Waals surface area contributed by atoms with Crippen LogP contribution in [0.4, 0.5) is 13.2 Å². The van der Waals surface area contributed by atoms with Crippen LogP contribution in [0.2, 0.25) is 0 Å². The number of hydrogen-bond donors (Lipinski definition) is 0. The summed E-state index contributed by atoms with van der Waals surface area (Å²) >= 11 is 0. The second-order valence-electron chi connectivity index (χ2n) is 1.67. The quantitative estimate of drug-likeness (QED) is 0.404. The Morgan fingerprint density at radius 2 is 1.92 bits per heavy atom. The largest absolute Gasteiger partial charge is 2.00 e. The fourth-order valence-electron chi connectivity index (χ4n) is 0.492. The van der Waals surface area contributed by atoms with Gasteiger partial charge in [-0.1, -0.05) is 18.0 Å². The summed E-state index contributed by atoms with van der Waals surface area (Å²) < 4.78 is 35.2. The molecule has 0 aliphatic heterocycles. The van der Waals surface area contributed by atoms with E-state index in [0.717, 1.165) is 18.3 Å². The molecule has 0 aromatic carbocycles. The molecule has 0 radical (unpaired) electrons. The van der Waals surface area contributed by atoms with Gasteiger partial charge >= 0.3 is 29.2 Å². The van der Waals surface area contributed by atoms with Gasteiger partial charge in [0.25, 0.3) is 0 Å². The third-order valence-electron chi connectivity index (χ3n) is 0.951. The zero-order chi connectivity index (χ0) is 7.61. The minimum Gasteiger partial charge on any atom is -1.00 e. The molecular formula is C6H3BrF3MgN. The Bertz CT molecular complexity index is 214. The van der Waals surface area contributed by atoms with Crippen molar-refractivity contribution in [3.63, 3.8) is 0 Å². The topological polar surface area (TPSA) is 12.9 Å². The van der Waals surface area contributed by atoms with E-state index in [1.807, 2.05) is 0 Å².